The van der Waals surface area contributed by atoms with Gasteiger partial charge in [0.25, 0.3) is 15.9 Å². The number of hydrogen-bond acceptors (Lipinski definition) is 5. The second-order valence-corrected chi connectivity index (χ2v) is 7.21. The number of nitriles is 1. The van der Waals surface area contributed by atoms with Crippen molar-refractivity contribution in [2.24, 2.45) is 0 Å². The second kappa shape index (κ2) is 6.18. The first-order valence-corrected chi connectivity index (χ1v) is 8.84. The van der Waals surface area contributed by atoms with Crippen LogP contribution in [-0.4, -0.2) is 20.4 Å². The molecule has 0 unspecified atom stereocenters. The average molecular weight is 360 g/mol. The Balaban J connectivity index is 1.87. The van der Waals surface area contributed by atoms with Crippen molar-refractivity contribution in [3.8, 4) is 11.8 Å². The minimum atomic E-state index is -4.41. The zero-order chi connectivity index (χ0) is 18.2. The van der Waals surface area contributed by atoms with E-state index in [1.165, 1.54) is 6.07 Å². The number of ether oxygens (including phenoxy) is 1. The van der Waals surface area contributed by atoms with E-state index in [1.807, 2.05) is 4.72 Å². The van der Waals surface area contributed by atoms with Crippen molar-refractivity contribution in [2.45, 2.75) is 23.8 Å². The van der Waals surface area contributed by atoms with Gasteiger partial charge in [-0.15, -0.1) is 0 Å². The predicted molar refractivity (Wildman–Crippen MR) is 85.7 cm³/mol. The van der Waals surface area contributed by atoms with Crippen LogP contribution in [0, 0.1) is 17.1 Å². The number of halogens is 1. The number of carbonyl (C=O) groups is 1. The number of rotatable bonds is 3. The number of para-hydroxylation sites is 1. The lowest BCUT2D eigenvalue weighted by Crippen LogP contribution is -2.42. The summed E-state index contributed by atoms with van der Waals surface area (Å²) in [7, 11) is -4.41. The Hall–Kier alpha value is -2.92. The van der Waals surface area contributed by atoms with E-state index in [0.717, 1.165) is 23.8 Å². The van der Waals surface area contributed by atoms with Crippen LogP contribution in [0.2, 0.25) is 0 Å². The fourth-order valence-corrected chi connectivity index (χ4v) is 3.89. The summed E-state index contributed by atoms with van der Waals surface area (Å²) in [6, 6.07) is 11.7. The molecule has 0 saturated heterocycles. The first kappa shape index (κ1) is 16.9. The Morgan fingerprint density at radius 2 is 1.96 bits per heavy atom. The summed E-state index contributed by atoms with van der Waals surface area (Å²) < 4.78 is 45.8. The number of hydrogen-bond donors (Lipinski definition) is 1. The zero-order valence-electron chi connectivity index (χ0n) is 13.1. The highest BCUT2D eigenvalue weighted by Gasteiger charge is 2.38. The number of benzene rings is 2. The van der Waals surface area contributed by atoms with Gasteiger partial charge in [-0.2, -0.15) is 5.26 Å². The summed E-state index contributed by atoms with van der Waals surface area (Å²) in [6.45, 7) is 1.74. The van der Waals surface area contributed by atoms with Gasteiger partial charge >= 0.3 is 0 Å². The van der Waals surface area contributed by atoms with E-state index in [1.54, 1.807) is 31.2 Å². The van der Waals surface area contributed by atoms with E-state index >= 15 is 0 Å². The van der Waals surface area contributed by atoms with Crippen LogP contribution < -0.4 is 9.46 Å². The minimum absolute atomic E-state index is 0.352. The van der Waals surface area contributed by atoms with Crippen LogP contribution in [0.3, 0.4) is 0 Å². The third-order valence-electron chi connectivity index (χ3n) is 3.99. The molecule has 0 spiro atoms. The number of nitrogens with zero attached hydrogens (tertiary/aromatic N) is 1. The van der Waals surface area contributed by atoms with Crippen molar-refractivity contribution < 1.29 is 22.3 Å². The molecule has 0 saturated carbocycles. The summed E-state index contributed by atoms with van der Waals surface area (Å²) >= 11 is 0. The summed E-state index contributed by atoms with van der Waals surface area (Å²) in [6.07, 6.45) is -1.04. The fourth-order valence-electron chi connectivity index (χ4n) is 2.73. The van der Waals surface area contributed by atoms with Crippen LogP contribution in [0.1, 0.15) is 24.0 Å². The SMILES string of the molecule is C[C@H]1c2ccccc2O[C@@H]1C(=O)NS(=O)(=O)c1cccc(F)c1C#N. The molecule has 3 rings (SSSR count). The van der Waals surface area contributed by atoms with Crippen LogP contribution in [0.25, 0.3) is 0 Å². The summed E-state index contributed by atoms with van der Waals surface area (Å²) in [5.74, 6) is -1.70. The zero-order valence-corrected chi connectivity index (χ0v) is 13.9. The Morgan fingerprint density at radius 3 is 2.64 bits per heavy atom. The molecular formula is C17H13FN2O4S. The highest BCUT2D eigenvalue weighted by molar-refractivity contribution is 7.90. The third-order valence-corrected chi connectivity index (χ3v) is 5.38. The number of sulfonamides is 1. The number of nitrogens with one attached hydrogen (secondary N) is 1. The first-order valence-electron chi connectivity index (χ1n) is 7.36. The van der Waals surface area contributed by atoms with Gasteiger partial charge in [0, 0.05) is 11.5 Å². The lowest BCUT2D eigenvalue weighted by molar-refractivity contribution is -0.126. The Morgan fingerprint density at radius 1 is 1.24 bits per heavy atom. The maximum Gasteiger partial charge on any atom is 0.275 e. The lowest BCUT2D eigenvalue weighted by atomic mass is 9.97. The maximum atomic E-state index is 13.6. The first-order chi connectivity index (χ1) is 11.8. The molecule has 1 amide bonds. The maximum absolute atomic E-state index is 13.6. The van der Waals surface area contributed by atoms with Crippen LogP contribution in [0.4, 0.5) is 4.39 Å². The number of amides is 1. The van der Waals surface area contributed by atoms with Gasteiger partial charge in [-0.05, 0) is 18.2 Å². The molecule has 25 heavy (non-hydrogen) atoms. The van der Waals surface area contributed by atoms with Gasteiger partial charge in [0.2, 0.25) is 0 Å². The Bertz CT molecular complexity index is 998. The van der Waals surface area contributed by atoms with Crippen LogP contribution in [0.5, 0.6) is 5.75 Å². The quantitative estimate of drug-likeness (QED) is 0.904. The molecule has 2 atom stereocenters. The van der Waals surface area contributed by atoms with Crippen molar-refractivity contribution in [1.82, 2.24) is 4.72 Å². The molecule has 1 N–H and O–H groups in total. The summed E-state index contributed by atoms with van der Waals surface area (Å²) in [4.78, 5) is 11.8. The topological polar surface area (TPSA) is 96.3 Å². The molecule has 8 heteroatoms. The van der Waals surface area contributed by atoms with Crippen LogP contribution in [-0.2, 0) is 14.8 Å². The molecule has 0 fully saturated rings. The van der Waals surface area contributed by atoms with E-state index in [-0.39, 0.29) is 5.92 Å². The van der Waals surface area contributed by atoms with Gasteiger partial charge in [0.05, 0.1) is 0 Å². The van der Waals surface area contributed by atoms with Crippen molar-refractivity contribution in [1.29, 1.82) is 5.26 Å². The Labute approximate surface area is 143 Å². The van der Waals surface area contributed by atoms with Gasteiger partial charge in [-0.25, -0.2) is 17.5 Å². The third kappa shape index (κ3) is 2.94. The average Bonchev–Trinajstić information content (AvgIpc) is 2.92. The largest absolute Gasteiger partial charge is 0.480 e. The van der Waals surface area contributed by atoms with Crippen molar-refractivity contribution in [2.75, 3.05) is 0 Å². The van der Waals surface area contributed by atoms with Gasteiger partial charge in [0.1, 0.15) is 28.1 Å². The molecule has 0 radical (unpaired) electrons. The molecular weight excluding hydrogens is 347 g/mol. The minimum Gasteiger partial charge on any atom is -0.480 e. The normalized spacial score (nSPS) is 18.8. The number of fused-ring (bicyclic) bond motifs is 1. The van der Waals surface area contributed by atoms with E-state index in [0.29, 0.717) is 5.75 Å². The summed E-state index contributed by atoms with van der Waals surface area (Å²) in [5.41, 5.74) is 0.148. The van der Waals surface area contributed by atoms with Gasteiger partial charge in [-0.1, -0.05) is 31.2 Å². The molecule has 128 valence electrons. The molecule has 1 aliphatic heterocycles. The standard InChI is InChI=1S/C17H13FN2O4S/c1-10-11-5-2-3-7-14(11)24-16(10)17(21)20-25(22,23)15-8-4-6-13(18)12(15)9-19/h2-8,10,16H,1H3,(H,20,21)/t10-,16-/m0/s1. The second-order valence-electron chi connectivity index (χ2n) is 5.56. The van der Waals surface area contributed by atoms with E-state index in [9.17, 15) is 17.6 Å². The molecule has 2 aromatic rings. The summed E-state index contributed by atoms with van der Waals surface area (Å²) in [5, 5.41) is 8.98. The smallest absolute Gasteiger partial charge is 0.275 e. The molecule has 0 aromatic heterocycles. The highest BCUT2D eigenvalue weighted by Crippen LogP contribution is 2.37. The van der Waals surface area contributed by atoms with Crippen molar-refractivity contribution in [3.63, 3.8) is 0 Å². The fraction of sp³-hybridized carbons (Fsp3) is 0.176. The number of carbonyl (C=O) groups excluding carboxylic acids is 1. The highest BCUT2D eigenvalue weighted by atomic mass is 32.2. The van der Waals surface area contributed by atoms with Gasteiger partial charge < -0.3 is 4.74 Å². The molecule has 0 bridgehead atoms. The molecule has 6 nitrogen and oxygen atoms in total. The van der Waals surface area contributed by atoms with E-state index < -0.39 is 38.3 Å². The predicted octanol–water partition coefficient (Wildman–Crippen LogP) is 2.07. The van der Waals surface area contributed by atoms with E-state index in [4.69, 9.17) is 10.00 Å². The van der Waals surface area contributed by atoms with Crippen LogP contribution >= 0.6 is 0 Å². The van der Waals surface area contributed by atoms with E-state index in [2.05, 4.69) is 0 Å². The monoisotopic (exact) mass is 360 g/mol. The van der Waals surface area contributed by atoms with Gasteiger partial charge in [-0.3, -0.25) is 4.79 Å². The van der Waals surface area contributed by atoms with Crippen molar-refractivity contribution >= 4 is 15.9 Å². The molecule has 2 aromatic carbocycles. The lowest BCUT2D eigenvalue weighted by Gasteiger charge is -2.16. The van der Waals surface area contributed by atoms with Crippen LogP contribution in [0.15, 0.2) is 47.4 Å². The molecule has 0 aliphatic carbocycles. The molecule has 1 heterocycles. The van der Waals surface area contributed by atoms with Crippen molar-refractivity contribution in [3.05, 3.63) is 59.4 Å². The Kier molecular flexibility index (Phi) is 4.18. The van der Waals surface area contributed by atoms with Gasteiger partial charge in [0.15, 0.2) is 6.10 Å². The molecule has 1 aliphatic rings.